The van der Waals surface area contributed by atoms with E-state index in [-0.39, 0.29) is 24.8 Å². The molecule has 1 aliphatic heterocycles. The van der Waals surface area contributed by atoms with Crippen LogP contribution in [-0.2, 0) is 19.0 Å². The van der Waals surface area contributed by atoms with Crippen LogP contribution in [0.5, 0.6) is 0 Å². The summed E-state index contributed by atoms with van der Waals surface area (Å²) in [6.45, 7) is 5.56. The summed E-state index contributed by atoms with van der Waals surface area (Å²) in [7, 11) is 0. The summed E-state index contributed by atoms with van der Waals surface area (Å²) in [5.74, 6) is -0.182. The van der Waals surface area contributed by atoms with E-state index >= 15 is 0 Å². The Hall–Kier alpha value is -2.37. The maximum atomic E-state index is 12.9. The number of carbonyl (C=O) groups excluding carboxylic acids is 2. The molecule has 0 atom stereocenters. The average Bonchev–Trinajstić information content (AvgIpc) is 3.19. The number of anilines is 2. The van der Waals surface area contributed by atoms with Crippen molar-refractivity contribution in [3.63, 3.8) is 0 Å². The molecule has 9 nitrogen and oxygen atoms in total. The van der Waals surface area contributed by atoms with Gasteiger partial charge in [-0.15, -0.1) is 11.3 Å². The van der Waals surface area contributed by atoms with Crippen molar-refractivity contribution in [2.24, 2.45) is 5.73 Å². The molecule has 1 aromatic heterocycles. The standard InChI is InChI=1S/C23H32N4O5S/c1-16-21(17-6-10-30-11-7-17)26-23(33-16)27-22(29)18-4-2-3-5-19(18)25-20(28)8-12-31-14-15-32-13-9-24/h2-5,17H,6-15,24H2,1H3,(H,25,28)(H,26,27,29). The molecule has 1 fully saturated rings. The molecule has 1 aromatic carbocycles. The Balaban J connectivity index is 1.53. The molecule has 10 heteroatoms. The molecular formula is C23H32N4O5S. The summed E-state index contributed by atoms with van der Waals surface area (Å²) >= 11 is 1.47. The minimum Gasteiger partial charge on any atom is -0.381 e. The lowest BCUT2D eigenvalue weighted by atomic mass is 9.96. The van der Waals surface area contributed by atoms with Gasteiger partial charge < -0.3 is 25.3 Å². The van der Waals surface area contributed by atoms with Gasteiger partial charge in [-0.2, -0.15) is 0 Å². The zero-order valence-corrected chi connectivity index (χ0v) is 19.7. The molecule has 1 saturated heterocycles. The molecule has 0 unspecified atom stereocenters. The predicted molar refractivity (Wildman–Crippen MR) is 128 cm³/mol. The van der Waals surface area contributed by atoms with Gasteiger partial charge in [-0.05, 0) is 31.9 Å². The molecule has 0 aliphatic carbocycles. The second-order valence-corrected chi connectivity index (χ2v) is 8.86. The second kappa shape index (κ2) is 13.4. The van der Waals surface area contributed by atoms with E-state index in [1.165, 1.54) is 11.3 Å². The number of thiazole rings is 1. The van der Waals surface area contributed by atoms with E-state index in [0.717, 1.165) is 36.6 Å². The lowest BCUT2D eigenvalue weighted by Crippen LogP contribution is -2.19. The van der Waals surface area contributed by atoms with E-state index < -0.39 is 0 Å². The van der Waals surface area contributed by atoms with Crippen molar-refractivity contribution in [1.29, 1.82) is 0 Å². The monoisotopic (exact) mass is 476 g/mol. The van der Waals surface area contributed by atoms with E-state index in [1.807, 2.05) is 6.92 Å². The molecule has 0 spiro atoms. The fourth-order valence-corrected chi connectivity index (χ4v) is 4.44. The van der Waals surface area contributed by atoms with Gasteiger partial charge in [-0.3, -0.25) is 14.9 Å². The topological polar surface area (TPSA) is 125 Å². The van der Waals surface area contributed by atoms with Crippen LogP contribution in [0.2, 0.25) is 0 Å². The van der Waals surface area contributed by atoms with Gasteiger partial charge >= 0.3 is 0 Å². The minimum absolute atomic E-state index is 0.174. The number of benzene rings is 1. The lowest BCUT2D eigenvalue weighted by molar-refractivity contribution is -0.117. The van der Waals surface area contributed by atoms with Crippen molar-refractivity contribution in [2.45, 2.75) is 32.1 Å². The molecule has 0 saturated carbocycles. The molecule has 0 radical (unpaired) electrons. The number of para-hydroxylation sites is 1. The summed E-state index contributed by atoms with van der Waals surface area (Å²) in [6, 6.07) is 6.91. The molecule has 4 N–H and O–H groups in total. The molecule has 180 valence electrons. The quantitative estimate of drug-likeness (QED) is 0.402. The first-order valence-corrected chi connectivity index (χ1v) is 12.0. The predicted octanol–water partition coefficient (Wildman–Crippen LogP) is 2.92. The number of aromatic nitrogens is 1. The summed E-state index contributed by atoms with van der Waals surface area (Å²) < 4.78 is 16.0. The van der Waals surface area contributed by atoms with Crippen molar-refractivity contribution in [1.82, 2.24) is 4.98 Å². The highest BCUT2D eigenvalue weighted by Crippen LogP contribution is 2.33. The van der Waals surface area contributed by atoms with Gasteiger partial charge in [0, 0.05) is 30.6 Å². The number of hydrogen-bond acceptors (Lipinski definition) is 8. The van der Waals surface area contributed by atoms with Crippen molar-refractivity contribution < 1.29 is 23.8 Å². The van der Waals surface area contributed by atoms with Crippen LogP contribution in [0.15, 0.2) is 24.3 Å². The van der Waals surface area contributed by atoms with Crippen molar-refractivity contribution >= 4 is 34.0 Å². The van der Waals surface area contributed by atoms with Gasteiger partial charge in [-0.25, -0.2) is 4.98 Å². The Bertz CT molecular complexity index is 914. The molecule has 0 bridgehead atoms. The van der Waals surface area contributed by atoms with Crippen molar-refractivity contribution in [3.05, 3.63) is 40.4 Å². The largest absolute Gasteiger partial charge is 0.381 e. The highest BCUT2D eigenvalue weighted by Gasteiger charge is 2.22. The van der Waals surface area contributed by atoms with Gasteiger partial charge in [0.25, 0.3) is 5.91 Å². The molecule has 2 aromatic rings. The van der Waals surface area contributed by atoms with E-state index in [4.69, 9.17) is 19.9 Å². The molecule has 33 heavy (non-hydrogen) atoms. The first kappa shape index (κ1) is 25.3. The van der Waals surface area contributed by atoms with Gasteiger partial charge in [0.2, 0.25) is 5.91 Å². The van der Waals surface area contributed by atoms with Crippen LogP contribution in [0.3, 0.4) is 0 Å². The smallest absolute Gasteiger partial charge is 0.259 e. The molecule has 3 rings (SSSR count). The second-order valence-electron chi connectivity index (χ2n) is 7.66. The van der Waals surface area contributed by atoms with E-state index in [1.54, 1.807) is 24.3 Å². The van der Waals surface area contributed by atoms with Gasteiger partial charge in [-0.1, -0.05) is 12.1 Å². The summed E-state index contributed by atoms with van der Waals surface area (Å²) in [4.78, 5) is 31.0. The number of aryl methyl sites for hydroxylation is 1. The van der Waals surface area contributed by atoms with Crippen LogP contribution in [0.4, 0.5) is 10.8 Å². The van der Waals surface area contributed by atoms with Crippen molar-refractivity contribution in [2.75, 3.05) is 56.8 Å². The van der Waals surface area contributed by atoms with Gasteiger partial charge in [0.15, 0.2) is 5.13 Å². The maximum Gasteiger partial charge on any atom is 0.259 e. The Kier molecular flexibility index (Phi) is 10.2. The number of hydrogen-bond donors (Lipinski definition) is 3. The molecule has 1 aliphatic rings. The highest BCUT2D eigenvalue weighted by molar-refractivity contribution is 7.15. The SMILES string of the molecule is Cc1sc(NC(=O)c2ccccc2NC(=O)CCOCCOCCN)nc1C1CCOCC1. The fourth-order valence-electron chi connectivity index (χ4n) is 3.55. The van der Waals surface area contributed by atoms with Crippen LogP contribution in [-0.4, -0.2) is 63.0 Å². The van der Waals surface area contributed by atoms with E-state index in [0.29, 0.717) is 48.7 Å². The number of nitrogens with two attached hydrogens (primary N) is 1. The van der Waals surface area contributed by atoms with Crippen LogP contribution >= 0.6 is 11.3 Å². The first-order chi connectivity index (χ1) is 16.1. The highest BCUT2D eigenvalue weighted by atomic mass is 32.1. The van der Waals surface area contributed by atoms with Crippen LogP contribution < -0.4 is 16.4 Å². The Morgan fingerprint density at radius 3 is 2.61 bits per heavy atom. The number of carbonyl (C=O) groups is 2. The zero-order valence-electron chi connectivity index (χ0n) is 18.9. The van der Waals surface area contributed by atoms with Crippen LogP contribution in [0, 0.1) is 6.92 Å². The zero-order chi connectivity index (χ0) is 23.5. The van der Waals surface area contributed by atoms with Crippen LogP contribution in [0.1, 0.15) is 46.1 Å². The number of ether oxygens (including phenoxy) is 3. The number of amides is 2. The van der Waals surface area contributed by atoms with Crippen LogP contribution in [0.25, 0.3) is 0 Å². The summed E-state index contributed by atoms with van der Waals surface area (Å²) in [5.41, 5.74) is 7.20. The lowest BCUT2D eigenvalue weighted by Gasteiger charge is -2.20. The number of nitrogens with one attached hydrogen (secondary N) is 2. The summed E-state index contributed by atoms with van der Waals surface area (Å²) in [6.07, 6.45) is 2.06. The average molecular weight is 477 g/mol. The Morgan fingerprint density at radius 2 is 1.85 bits per heavy atom. The summed E-state index contributed by atoms with van der Waals surface area (Å²) in [5, 5.41) is 6.25. The Labute approximate surface area is 198 Å². The Morgan fingerprint density at radius 1 is 1.12 bits per heavy atom. The number of rotatable bonds is 12. The fraction of sp³-hybridized carbons (Fsp3) is 0.522. The van der Waals surface area contributed by atoms with E-state index in [9.17, 15) is 9.59 Å². The van der Waals surface area contributed by atoms with Crippen molar-refractivity contribution in [3.8, 4) is 0 Å². The van der Waals surface area contributed by atoms with Gasteiger partial charge in [0.05, 0.1) is 49.8 Å². The molecule has 2 heterocycles. The molecular weight excluding hydrogens is 444 g/mol. The first-order valence-electron chi connectivity index (χ1n) is 11.2. The third-order valence-electron chi connectivity index (χ3n) is 5.21. The third kappa shape index (κ3) is 7.86. The molecule has 2 amide bonds. The normalized spacial score (nSPS) is 14.2. The third-order valence-corrected chi connectivity index (χ3v) is 6.12. The number of nitrogens with zero attached hydrogens (tertiary/aromatic N) is 1. The van der Waals surface area contributed by atoms with Gasteiger partial charge in [0.1, 0.15) is 0 Å². The minimum atomic E-state index is -0.313. The van der Waals surface area contributed by atoms with E-state index in [2.05, 4.69) is 15.6 Å². The maximum absolute atomic E-state index is 12.9.